The van der Waals surface area contributed by atoms with E-state index in [9.17, 15) is 4.79 Å². The number of carbonyl (C=O) groups is 1. The van der Waals surface area contributed by atoms with Crippen LogP contribution in [0.3, 0.4) is 0 Å². The fourth-order valence-electron chi connectivity index (χ4n) is 4.79. The number of hydrogen-bond acceptors (Lipinski definition) is 4. The number of aliphatic imine (C=N–C) groups is 1. The fraction of sp³-hybridized carbons (Fsp3) is 0.684. The van der Waals surface area contributed by atoms with Crippen molar-refractivity contribution in [3.63, 3.8) is 0 Å². The van der Waals surface area contributed by atoms with Crippen molar-refractivity contribution in [2.45, 2.75) is 62.8 Å². The topological polar surface area (TPSA) is 44.7 Å². The highest BCUT2D eigenvalue weighted by atomic mass is 35.5. The minimum Gasteiger partial charge on any atom is -0.288 e. The lowest BCUT2D eigenvalue weighted by Gasteiger charge is -2.41. The summed E-state index contributed by atoms with van der Waals surface area (Å²) in [5, 5.41) is 2.20. The molecular formula is C19H29Cl2N3OS. The Hall–Kier alpha value is -0.490. The SMILES string of the molecule is CC1CCCC(C)N1NC(=O)C1CSC23CC=CC=C2N=CCC13.Cl.Cl. The molecule has 0 radical (unpaired) electrons. The third-order valence-electron chi connectivity index (χ3n) is 6.21. The van der Waals surface area contributed by atoms with Gasteiger partial charge in [0.1, 0.15) is 0 Å². The molecular weight excluding hydrogens is 389 g/mol. The Kier molecular flexibility index (Phi) is 7.28. The van der Waals surface area contributed by atoms with Crippen LogP contribution in [0.25, 0.3) is 0 Å². The number of allylic oxidation sites excluding steroid dienone is 3. The molecule has 0 bridgehead atoms. The van der Waals surface area contributed by atoms with Crippen molar-refractivity contribution >= 4 is 48.7 Å². The van der Waals surface area contributed by atoms with Gasteiger partial charge >= 0.3 is 0 Å². The number of thioether (sulfide) groups is 1. The van der Waals surface area contributed by atoms with E-state index in [1.54, 1.807) is 0 Å². The summed E-state index contributed by atoms with van der Waals surface area (Å²) >= 11 is 1.95. The number of amides is 1. The number of piperidine rings is 1. The average Bonchev–Trinajstić information content (AvgIpc) is 2.96. The summed E-state index contributed by atoms with van der Waals surface area (Å²) < 4.78 is 0.0324. The van der Waals surface area contributed by atoms with Crippen LogP contribution in [0.4, 0.5) is 0 Å². The first-order valence-corrected chi connectivity index (χ1v) is 10.2. The number of hydrazine groups is 1. The molecule has 146 valence electrons. The minimum absolute atomic E-state index is 0. The van der Waals surface area contributed by atoms with Crippen molar-refractivity contribution in [2.75, 3.05) is 5.75 Å². The van der Waals surface area contributed by atoms with E-state index in [0.29, 0.717) is 18.0 Å². The van der Waals surface area contributed by atoms with E-state index in [2.05, 4.69) is 47.5 Å². The molecule has 3 heterocycles. The molecule has 2 fully saturated rings. The zero-order valence-electron chi connectivity index (χ0n) is 15.4. The van der Waals surface area contributed by atoms with Crippen LogP contribution in [0.5, 0.6) is 0 Å². The molecule has 7 heteroatoms. The first-order valence-electron chi connectivity index (χ1n) is 9.24. The zero-order valence-corrected chi connectivity index (χ0v) is 17.8. The fourth-order valence-corrected chi connectivity index (χ4v) is 6.61. The first kappa shape index (κ1) is 21.8. The van der Waals surface area contributed by atoms with Gasteiger partial charge in [0.25, 0.3) is 0 Å². The molecule has 0 aromatic heterocycles. The average molecular weight is 418 g/mol. The molecule has 1 aliphatic carbocycles. The van der Waals surface area contributed by atoms with Gasteiger partial charge in [0.2, 0.25) is 5.91 Å². The Morgan fingerprint density at radius 1 is 1.31 bits per heavy atom. The quantitative estimate of drug-likeness (QED) is 0.733. The number of rotatable bonds is 2. The molecule has 4 aliphatic rings. The zero-order chi connectivity index (χ0) is 16.7. The molecule has 2 saturated heterocycles. The van der Waals surface area contributed by atoms with Crippen LogP contribution in [-0.4, -0.2) is 39.7 Å². The van der Waals surface area contributed by atoms with Crippen LogP contribution in [0.15, 0.2) is 28.9 Å². The third-order valence-corrected chi connectivity index (χ3v) is 7.93. The van der Waals surface area contributed by atoms with Crippen LogP contribution < -0.4 is 5.43 Å². The molecule has 26 heavy (non-hydrogen) atoms. The normalized spacial score (nSPS) is 38.3. The number of nitrogens with one attached hydrogen (secondary N) is 1. The van der Waals surface area contributed by atoms with E-state index in [-0.39, 0.29) is 41.4 Å². The lowest BCUT2D eigenvalue weighted by Crippen LogP contribution is -2.56. The number of nitrogens with zero attached hydrogens (tertiary/aromatic N) is 2. The Labute approximate surface area is 173 Å². The van der Waals surface area contributed by atoms with Gasteiger partial charge in [0, 0.05) is 24.1 Å². The van der Waals surface area contributed by atoms with Gasteiger partial charge in [-0.05, 0) is 51.5 Å². The van der Waals surface area contributed by atoms with Crippen molar-refractivity contribution in [3.8, 4) is 0 Å². The van der Waals surface area contributed by atoms with Crippen LogP contribution in [-0.2, 0) is 4.79 Å². The van der Waals surface area contributed by atoms with Gasteiger partial charge in [0.05, 0.1) is 16.4 Å². The second-order valence-electron chi connectivity index (χ2n) is 7.66. The minimum atomic E-state index is 0. The van der Waals surface area contributed by atoms with Crippen LogP contribution in [0.1, 0.15) is 46.0 Å². The van der Waals surface area contributed by atoms with Gasteiger partial charge in [-0.3, -0.25) is 15.2 Å². The summed E-state index contributed by atoms with van der Waals surface area (Å²) in [6.07, 6.45) is 14.0. The van der Waals surface area contributed by atoms with Crippen molar-refractivity contribution in [2.24, 2.45) is 16.8 Å². The molecule has 1 amide bonds. The maximum atomic E-state index is 13.1. The monoisotopic (exact) mass is 417 g/mol. The van der Waals surface area contributed by atoms with E-state index >= 15 is 0 Å². The number of halogens is 2. The number of hydrogen-bond donors (Lipinski definition) is 1. The lowest BCUT2D eigenvalue weighted by atomic mass is 9.74. The predicted octanol–water partition coefficient (Wildman–Crippen LogP) is 4.16. The smallest absolute Gasteiger partial charge is 0.238 e. The molecule has 0 aromatic carbocycles. The molecule has 3 aliphatic heterocycles. The summed E-state index contributed by atoms with van der Waals surface area (Å²) in [5.74, 6) is 1.57. The summed E-state index contributed by atoms with van der Waals surface area (Å²) in [7, 11) is 0. The summed E-state index contributed by atoms with van der Waals surface area (Å²) in [5.41, 5.74) is 4.45. The van der Waals surface area contributed by atoms with E-state index in [4.69, 9.17) is 0 Å². The lowest BCUT2D eigenvalue weighted by molar-refractivity contribution is -0.134. The third kappa shape index (κ3) is 3.60. The van der Waals surface area contributed by atoms with Crippen molar-refractivity contribution in [1.82, 2.24) is 10.4 Å². The highest BCUT2D eigenvalue weighted by Gasteiger charge is 2.54. The Bertz CT molecular complexity index is 614. The van der Waals surface area contributed by atoms with E-state index < -0.39 is 0 Å². The van der Waals surface area contributed by atoms with Gasteiger partial charge in [-0.15, -0.1) is 36.6 Å². The molecule has 0 aromatic rings. The predicted molar refractivity (Wildman–Crippen MR) is 114 cm³/mol. The van der Waals surface area contributed by atoms with E-state index in [0.717, 1.165) is 18.6 Å². The highest BCUT2D eigenvalue weighted by molar-refractivity contribution is 8.01. The molecule has 4 nitrogen and oxygen atoms in total. The molecule has 1 N–H and O–H groups in total. The Balaban J connectivity index is 0.00000121. The van der Waals surface area contributed by atoms with Gasteiger partial charge in [-0.1, -0.05) is 18.6 Å². The first-order chi connectivity index (χ1) is 11.6. The van der Waals surface area contributed by atoms with Gasteiger partial charge in [0.15, 0.2) is 0 Å². The van der Waals surface area contributed by atoms with Gasteiger partial charge < -0.3 is 0 Å². The highest BCUT2D eigenvalue weighted by Crippen LogP contribution is 2.57. The van der Waals surface area contributed by atoms with Crippen LogP contribution in [0.2, 0.25) is 0 Å². The Morgan fingerprint density at radius 2 is 2.04 bits per heavy atom. The number of carbonyl (C=O) groups excluding carboxylic acids is 1. The molecule has 5 atom stereocenters. The standard InChI is InChI=1S/C19H27N3OS.2ClH/c1-13-6-5-7-14(2)22(13)21-18(23)15-12-24-19-10-4-3-8-17(19)20-11-9-16(15)19;;/h3-4,8,11,13-16H,5-7,9-10,12H2,1-2H3,(H,21,23);2*1H. The van der Waals surface area contributed by atoms with Crippen molar-refractivity contribution in [3.05, 3.63) is 23.9 Å². The second kappa shape index (κ2) is 8.68. The summed E-state index contributed by atoms with van der Waals surface area (Å²) in [4.78, 5) is 17.7. The molecule has 5 unspecified atom stereocenters. The van der Waals surface area contributed by atoms with Gasteiger partial charge in [-0.2, -0.15) is 0 Å². The molecule has 0 saturated carbocycles. The molecule has 1 spiro atoms. The maximum Gasteiger partial charge on any atom is 0.238 e. The van der Waals surface area contributed by atoms with Gasteiger partial charge in [-0.25, -0.2) is 5.01 Å². The maximum absolute atomic E-state index is 13.1. The van der Waals surface area contributed by atoms with E-state index in [1.807, 2.05) is 18.0 Å². The summed E-state index contributed by atoms with van der Waals surface area (Å²) in [6, 6.07) is 0.864. The largest absolute Gasteiger partial charge is 0.288 e. The van der Waals surface area contributed by atoms with Crippen LogP contribution in [0, 0.1) is 11.8 Å². The Morgan fingerprint density at radius 3 is 2.77 bits per heavy atom. The van der Waals surface area contributed by atoms with E-state index in [1.165, 1.54) is 25.0 Å². The second-order valence-corrected chi connectivity index (χ2v) is 9.01. The van der Waals surface area contributed by atoms with Crippen molar-refractivity contribution < 1.29 is 4.79 Å². The summed E-state index contributed by atoms with van der Waals surface area (Å²) in [6.45, 7) is 4.45. The van der Waals surface area contributed by atoms with Crippen LogP contribution >= 0.6 is 36.6 Å². The molecule has 4 rings (SSSR count). The van der Waals surface area contributed by atoms with Crippen molar-refractivity contribution in [1.29, 1.82) is 0 Å².